The summed E-state index contributed by atoms with van der Waals surface area (Å²) in [5, 5.41) is 16.2. The van der Waals surface area contributed by atoms with Crippen LogP contribution in [-0.2, 0) is 6.54 Å². The fourth-order valence-electron chi connectivity index (χ4n) is 1.77. The summed E-state index contributed by atoms with van der Waals surface area (Å²) >= 11 is 0. The molecule has 0 aliphatic heterocycles. The van der Waals surface area contributed by atoms with Gasteiger partial charge in [-0.2, -0.15) is 5.26 Å². The first-order chi connectivity index (χ1) is 10.2. The predicted octanol–water partition coefficient (Wildman–Crippen LogP) is 1.01. The van der Waals surface area contributed by atoms with Crippen molar-refractivity contribution in [2.24, 2.45) is 0 Å². The molecule has 0 fully saturated rings. The van der Waals surface area contributed by atoms with E-state index in [0.717, 1.165) is 5.56 Å². The van der Waals surface area contributed by atoms with E-state index < -0.39 is 0 Å². The molecule has 106 valence electrons. The zero-order valence-corrected chi connectivity index (χ0v) is 11.3. The minimum Gasteiger partial charge on any atom is -0.382 e. The van der Waals surface area contributed by atoms with Crippen molar-refractivity contribution in [2.75, 3.05) is 12.3 Å². The number of nitrogens with zero attached hydrogens (tertiary/aromatic N) is 5. The monoisotopic (exact) mass is 282 g/mol. The molecule has 0 saturated heterocycles. The van der Waals surface area contributed by atoms with E-state index in [9.17, 15) is 4.79 Å². The second-order valence-corrected chi connectivity index (χ2v) is 4.34. The highest BCUT2D eigenvalue weighted by Crippen LogP contribution is 2.09. The van der Waals surface area contributed by atoms with Crippen molar-refractivity contribution in [3.05, 3.63) is 47.9 Å². The highest BCUT2D eigenvalue weighted by molar-refractivity contribution is 5.92. The van der Waals surface area contributed by atoms with E-state index in [-0.39, 0.29) is 23.8 Å². The molecule has 0 unspecified atom stereocenters. The van der Waals surface area contributed by atoms with Crippen molar-refractivity contribution < 1.29 is 4.79 Å². The minimum absolute atomic E-state index is 0.200. The molecule has 7 heteroatoms. The van der Waals surface area contributed by atoms with Gasteiger partial charge >= 0.3 is 0 Å². The molecule has 0 bridgehead atoms. The van der Waals surface area contributed by atoms with Crippen molar-refractivity contribution in [1.29, 1.82) is 5.26 Å². The number of nitrogen functional groups attached to an aromatic ring is 1. The number of aromatic nitrogens is 3. The molecule has 0 radical (unpaired) electrons. The maximum atomic E-state index is 12.4. The number of anilines is 1. The van der Waals surface area contributed by atoms with E-state index in [1.54, 1.807) is 23.4 Å². The highest BCUT2D eigenvalue weighted by Gasteiger charge is 2.17. The first-order valence-corrected chi connectivity index (χ1v) is 6.35. The average molecular weight is 282 g/mol. The lowest BCUT2D eigenvalue weighted by Crippen LogP contribution is -2.32. The van der Waals surface area contributed by atoms with Crippen LogP contribution in [0.4, 0.5) is 5.82 Å². The summed E-state index contributed by atoms with van der Waals surface area (Å²) in [6.07, 6.45) is 3.59. The number of pyridine rings is 1. The summed E-state index contributed by atoms with van der Waals surface area (Å²) in [6.45, 7) is 0.677. The largest absolute Gasteiger partial charge is 0.382 e. The average Bonchev–Trinajstić information content (AvgIpc) is 2.52. The second kappa shape index (κ2) is 6.96. The molecule has 2 aromatic heterocycles. The van der Waals surface area contributed by atoms with E-state index in [1.807, 2.05) is 12.1 Å². The van der Waals surface area contributed by atoms with E-state index in [4.69, 9.17) is 11.0 Å². The Hall–Kier alpha value is -3.01. The van der Waals surface area contributed by atoms with Gasteiger partial charge in [-0.1, -0.05) is 6.07 Å². The number of amides is 1. The number of nitrogens with two attached hydrogens (primary N) is 1. The second-order valence-electron chi connectivity index (χ2n) is 4.34. The summed E-state index contributed by atoms with van der Waals surface area (Å²) in [5.41, 5.74) is 6.54. The van der Waals surface area contributed by atoms with Gasteiger partial charge in [-0.05, 0) is 23.8 Å². The number of nitriles is 1. The molecular formula is C14H14N6O. The third-order valence-corrected chi connectivity index (χ3v) is 2.78. The number of hydrogen-bond donors (Lipinski definition) is 1. The van der Waals surface area contributed by atoms with Crippen molar-refractivity contribution in [2.45, 2.75) is 13.0 Å². The summed E-state index contributed by atoms with van der Waals surface area (Å²) in [5.74, 6) is -0.0380. The van der Waals surface area contributed by atoms with E-state index >= 15 is 0 Å². The molecule has 21 heavy (non-hydrogen) atoms. The SMILES string of the molecule is N#CCCN(Cc1cccnc1)C(=O)c1ccc(N)nn1. The Morgan fingerprint density at radius 2 is 2.19 bits per heavy atom. The third kappa shape index (κ3) is 3.98. The summed E-state index contributed by atoms with van der Waals surface area (Å²) in [6, 6.07) is 8.74. The van der Waals surface area contributed by atoms with Gasteiger partial charge in [0.05, 0.1) is 12.5 Å². The quantitative estimate of drug-likeness (QED) is 0.876. The number of hydrogen-bond acceptors (Lipinski definition) is 6. The van der Waals surface area contributed by atoms with Crippen LogP contribution in [0.15, 0.2) is 36.7 Å². The molecule has 2 rings (SSSR count). The lowest BCUT2D eigenvalue weighted by Gasteiger charge is -2.20. The van der Waals surface area contributed by atoms with E-state index in [1.165, 1.54) is 12.1 Å². The van der Waals surface area contributed by atoms with Crippen LogP contribution in [-0.4, -0.2) is 32.5 Å². The zero-order chi connectivity index (χ0) is 15.1. The molecule has 2 heterocycles. The van der Waals surface area contributed by atoms with Crippen LogP contribution in [0.3, 0.4) is 0 Å². The maximum Gasteiger partial charge on any atom is 0.274 e. The molecule has 2 N–H and O–H groups in total. The standard InChI is InChI=1S/C14H14N6O/c15-6-2-8-20(10-11-3-1-7-17-9-11)14(21)12-4-5-13(16)19-18-12/h1,3-5,7,9H,2,8,10H2,(H2,16,19). The predicted molar refractivity (Wildman–Crippen MR) is 75.7 cm³/mol. The summed E-state index contributed by atoms with van der Waals surface area (Å²) in [4.78, 5) is 18.0. The van der Waals surface area contributed by atoms with Gasteiger partial charge in [0.2, 0.25) is 0 Å². The first kappa shape index (κ1) is 14.4. The Kier molecular flexibility index (Phi) is 4.77. The van der Waals surface area contributed by atoms with Crippen LogP contribution in [0.1, 0.15) is 22.5 Å². The maximum absolute atomic E-state index is 12.4. The van der Waals surface area contributed by atoms with Crippen LogP contribution in [0.25, 0.3) is 0 Å². The molecule has 0 aliphatic carbocycles. The van der Waals surface area contributed by atoms with E-state index in [2.05, 4.69) is 15.2 Å². The number of carbonyl (C=O) groups is 1. The Labute approximate surface area is 122 Å². The lowest BCUT2D eigenvalue weighted by atomic mass is 10.2. The zero-order valence-electron chi connectivity index (χ0n) is 11.3. The smallest absolute Gasteiger partial charge is 0.274 e. The van der Waals surface area contributed by atoms with Crippen molar-refractivity contribution in [1.82, 2.24) is 20.1 Å². The van der Waals surface area contributed by atoms with Crippen molar-refractivity contribution in [3.63, 3.8) is 0 Å². The molecule has 1 amide bonds. The van der Waals surface area contributed by atoms with Crippen LogP contribution in [0, 0.1) is 11.3 Å². The Morgan fingerprint density at radius 3 is 2.81 bits per heavy atom. The summed E-state index contributed by atoms with van der Waals surface area (Å²) in [7, 11) is 0. The molecule has 0 atom stereocenters. The van der Waals surface area contributed by atoms with Gasteiger partial charge < -0.3 is 10.6 Å². The van der Waals surface area contributed by atoms with Crippen LogP contribution >= 0.6 is 0 Å². The Morgan fingerprint density at radius 1 is 1.33 bits per heavy atom. The number of carbonyl (C=O) groups excluding carboxylic acids is 1. The molecule has 0 spiro atoms. The Balaban J connectivity index is 2.17. The van der Waals surface area contributed by atoms with Crippen molar-refractivity contribution in [3.8, 4) is 6.07 Å². The van der Waals surface area contributed by atoms with Gasteiger partial charge in [0, 0.05) is 25.5 Å². The molecular weight excluding hydrogens is 268 g/mol. The van der Waals surface area contributed by atoms with Crippen LogP contribution < -0.4 is 5.73 Å². The normalized spacial score (nSPS) is 9.86. The molecule has 0 aromatic carbocycles. The molecule has 0 aliphatic rings. The van der Waals surface area contributed by atoms with Gasteiger partial charge in [0.1, 0.15) is 5.82 Å². The molecule has 0 saturated carbocycles. The van der Waals surface area contributed by atoms with Gasteiger partial charge in [-0.15, -0.1) is 10.2 Å². The summed E-state index contributed by atoms with van der Waals surface area (Å²) < 4.78 is 0. The van der Waals surface area contributed by atoms with Crippen LogP contribution in [0.5, 0.6) is 0 Å². The van der Waals surface area contributed by atoms with Gasteiger partial charge in [-0.25, -0.2) is 0 Å². The first-order valence-electron chi connectivity index (χ1n) is 6.35. The van der Waals surface area contributed by atoms with Crippen molar-refractivity contribution >= 4 is 11.7 Å². The van der Waals surface area contributed by atoms with Gasteiger partial charge in [0.15, 0.2) is 5.69 Å². The number of rotatable bonds is 5. The fraction of sp³-hybridized carbons (Fsp3) is 0.214. The fourth-order valence-corrected chi connectivity index (χ4v) is 1.77. The van der Waals surface area contributed by atoms with Gasteiger partial charge in [-0.3, -0.25) is 9.78 Å². The molecule has 2 aromatic rings. The topological polar surface area (TPSA) is 109 Å². The lowest BCUT2D eigenvalue weighted by molar-refractivity contribution is 0.0739. The Bertz CT molecular complexity index is 635. The van der Waals surface area contributed by atoms with E-state index in [0.29, 0.717) is 13.1 Å². The highest BCUT2D eigenvalue weighted by atomic mass is 16.2. The van der Waals surface area contributed by atoms with Gasteiger partial charge in [0.25, 0.3) is 5.91 Å². The third-order valence-electron chi connectivity index (χ3n) is 2.78. The minimum atomic E-state index is -0.290. The molecule has 7 nitrogen and oxygen atoms in total. The van der Waals surface area contributed by atoms with Crippen LogP contribution in [0.2, 0.25) is 0 Å².